The SMILES string of the molecule is C#CCn1c(=NC(=O)Cc2cccc3ccccc23)sc2cc3c(cc21)OCCO3. The number of ether oxygens (including phenoxy) is 2. The molecule has 0 aliphatic carbocycles. The molecule has 5 rings (SSSR count). The maximum atomic E-state index is 12.8. The summed E-state index contributed by atoms with van der Waals surface area (Å²) in [4.78, 5) is 17.8. The highest BCUT2D eigenvalue weighted by atomic mass is 32.1. The van der Waals surface area contributed by atoms with Crippen LogP contribution in [0.5, 0.6) is 11.5 Å². The molecule has 2 heterocycles. The van der Waals surface area contributed by atoms with Crippen LogP contribution < -0.4 is 14.3 Å². The van der Waals surface area contributed by atoms with Crippen LogP contribution in [0.4, 0.5) is 0 Å². The zero-order valence-corrected chi connectivity index (χ0v) is 16.9. The lowest BCUT2D eigenvalue weighted by Crippen LogP contribution is -2.18. The van der Waals surface area contributed by atoms with Gasteiger partial charge < -0.3 is 14.0 Å². The first-order valence-corrected chi connectivity index (χ1v) is 10.5. The first kappa shape index (κ1) is 18.5. The van der Waals surface area contributed by atoms with Gasteiger partial charge in [-0.15, -0.1) is 6.42 Å². The molecule has 4 aromatic rings. The summed E-state index contributed by atoms with van der Waals surface area (Å²) in [5.41, 5.74) is 1.85. The number of carbonyl (C=O) groups excluding carboxylic acids is 1. The van der Waals surface area contributed by atoms with E-state index in [1.807, 2.05) is 59.2 Å². The molecule has 3 aromatic carbocycles. The summed E-state index contributed by atoms with van der Waals surface area (Å²) in [7, 11) is 0. The molecule has 1 aromatic heterocycles. The molecule has 0 bridgehead atoms. The molecule has 0 spiro atoms. The minimum absolute atomic E-state index is 0.207. The van der Waals surface area contributed by atoms with Gasteiger partial charge in [0.2, 0.25) is 0 Å². The Morgan fingerprint density at radius 3 is 2.70 bits per heavy atom. The van der Waals surface area contributed by atoms with Crippen molar-refractivity contribution in [1.29, 1.82) is 0 Å². The number of nitrogens with zero attached hydrogens (tertiary/aromatic N) is 2. The van der Waals surface area contributed by atoms with E-state index >= 15 is 0 Å². The monoisotopic (exact) mass is 414 g/mol. The van der Waals surface area contributed by atoms with Crippen LogP contribution in [0.15, 0.2) is 59.6 Å². The van der Waals surface area contributed by atoms with Crippen LogP contribution in [0.2, 0.25) is 0 Å². The van der Waals surface area contributed by atoms with Gasteiger partial charge in [-0.25, -0.2) is 0 Å². The average molecular weight is 414 g/mol. The first-order chi connectivity index (χ1) is 14.7. The Balaban J connectivity index is 1.56. The van der Waals surface area contributed by atoms with Crippen LogP contribution >= 0.6 is 11.3 Å². The van der Waals surface area contributed by atoms with E-state index in [2.05, 4.69) is 10.9 Å². The van der Waals surface area contributed by atoms with Gasteiger partial charge in [0, 0.05) is 12.1 Å². The lowest BCUT2D eigenvalue weighted by atomic mass is 10.0. The number of hydrogen-bond donors (Lipinski definition) is 0. The van der Waals surface area contributed by atoms with Gasteiger partial charge in [-0.3, -0.25) is 4.79 Å². The molecule has 0 N–H and O–H groups in total. The Hall–Kier alpha value is -3.56. The fraction of sp³-hybridized carbons (Fsp3) is 0.167. The quantitative estimate of drug-likeness (QED) is 0.478. The largest absolute Gasteiger partial charge is 0.486 e. The number of terminal acetylenes is 1. The topological polar surface area (TPSA) is 52.8 Å². The van der Waals surface area contributed by atoms with Gasteiger partial charge in [-0.1, -0.05) is 59.7 Å². The predicted molar refractivity (Wildman–Crippen MR) is 118 cm³/mol. The maximum Gasteiger partial charge on any atom is 0.252 e. The Morgan fingerprint density at radius 2 is 1.87 bits per heavy atom. The highest BCUT2D eigenvalue weighted by molar-refractivity contribution is 7.16. The third kappa shape index (κ3) is 3.34. The smallest absolute Gasteiger partial charge is 0.252 e. The van der Waals surface area contributed by atoms with E-state index in [4.69, 9.17) is 15.9 Å². The third-order valence-corrected chi connectivity index (χ3v) is 6.08. The second-order valence-corrected chi connectivity index (χ2v) is 7.97. The molecule has 0 atom stereocenters. The highest BCUT2D eigenvalue weighted by Gasteiger charge is 2.16. The zero-order chi connectivity index (χ0) is 20.5. The molecule has 0 saturated carbocycles. The molecular weight excluding hydrogens is 396 g/mol. The molecule has 1 aliphatic rings. The van der Waals surface area contributed by atoms with Crippen molar-refractivity contribution >= 4 is 38.2 Å². The van der Waals surface area contributed by atoms with Crippen LogP contribution in [-0.4, -0.2) is 23.7 Å². The van der Waals surface area contributed by atoms with E-state index in [0.29, 0.717) is 36.1 Å². The predicted octanol–water partition coefficient (Wildman–Crippen LogP) is 3.93. The van der Waals surface area contributed by atoms with E-state index in [9.17, 15) is 4.79 Å². The number of fused-ring (bicyclic) bond motifs is 3. The second kappa shape index (κ2) is 7.69. The Morgan fingerprint density at radius 1 is 1.10 bits per heavy atom. The molecule has 5 nitrogen and oxygen atoms in total. The van der Waals surface area contributed by atoms with Crippen molar-refractivity contribution in [3.8, 4) is 23.8 Å². The Labute approximate surface area is 177 Å². The van der Waals surface area contributed by atoms with E-state index in [1.165, 1.54) is 11.3 Å². The lowest BCUT2D eigenvalue weighted by Gasteiger charge is -2.18. The fourth-order valence-electron chi connectivity index (χ4n) is 3.69. The summed E-state index contributed by atoms with van der Waals surface area (Å²) >= 11 is 1.42. The zero-order valence-electron chi connectivity index (χ0n) is 16.1. The maximum absolute atomic E-state index is 12.8. The summed E-state index contributed by atoms with van der Waals surface area (Å²) < 4.78 is 14.2. The number of carbonyl (C=O) groups is 1. The fourth-order valence-corrected chi connectivity index (χ4v) is 4.75. The number of hydrogen-bond acceptors (Lipinski definition) is 4. The van der Waals surface area contributed by atoms with Gasteiger partial charge in [-0.2, -0.15) is 4.99 Å². The van der Waals surface area contributed by atoms with E-state index in [1.54, 1.807) is 0 Å². The number of benzene rings is 3. The molecule has 0 saturated heterocycles. The van der Waals surface area contributed by atoms with Crippen molar-refractivity contribution in [2.45, 2.75) is 13.0 Å². The highest BCUT2D eigenvalue weighted by Crippen LogP contribution is 2.35. The standard InChI is InChI=1S/C24H18N2O3S/c1-2-10-26-19-14-20-21(29-12-11-28-20)15-22(19)30-24(26)25-23(27)13-17-8-5-7-16-6-3-4-9-18(16)17/h1,3-9,14-15H,10-13H2. The summed E-state index contributed by atoms with van der Waals surface area (Å²) in [6, 6.07) is 17.9. The van der Waals surface area contributed by atoms with E-state index in [-0.39, 0.29) is 12.3 Å². The van der Waals surface area contributed by atoms with Crippen LogP contribution in [0.25, 0.3) is 21.0 Å². The van der Waals surface area contributed by atoms with E-state index < -0.39 is 0 Å². The number of aromatic nitrogens is 1. The van der Waals surface area contributed by atoms with Crippen LogP contribution in [-0.2, 0) is 17.8 Å². The average Bonchev–Trinajstić information content (AvgIpc) is 3.08. The summed E-state index contributed by atoms with van der Waals surface area (Å²) in [5.74, 6) is 3.84. The normalized spacial score (nSPS) is 13.5. The molecule has 0 fully saturated rings. The molecule has 6 heteroatoms. The Kier molecular flexibility index (Phi) is 4.74. The van der Waals surface area contributed by atoms with E-state index in [0.717, 1.165) is 26.6 Å². The minimum Gasteiger partial charge on any atom is -0.486 e. The van der Waals surface area contributed by atoms with Crippen molar-refractivity contribution in [2.75, 3.05) is 13.2 Å². The van der Waals surface area contributed by atoms with Crippen molar-refractivity contribution in [1.82, 2.24) is 4.57 Å². The molecular formula is C24H18N2O3S. The number of thiazole rings is 1. The summed E-state index contributed by atoms with van der Waals surface area (Å²) in [6.07, 6.45) is 5.82. The molecule has 0 radical (unpaired) electrons. The van der Waals surface area contributed by atoms with Gasteiger partial charge in [0.25, 0.3) is 5.91 Å². The van der Waals surface area contributed by atoms with Gasteiger partial charge in [0.15, 0.2) is 16.3 Å². The minimum atomic E-state index is -0.207. The molecule has 30 heavy (non-hydrogen) atoms. The van der Waals surface area contributed by atoms with Gasteiger partial charge >= 0.3 is 0 Å². The van der Waals surface area contributed by atoms with Crippen LogP contribution in [0, 0.1) is 12.3 Å². The van der Waals surface area contributed by atoms with Crippen molar-refractivity contribution < 1.29 is 14.3 Å². The second-order valence-electron chi connectivity index (χ2n) is 6.96. The van der Waals surface area contributed by atoms with Gasteiger partial charge in [0.05, 0.1) is 23.2 Å². The van der Waals surface area contributed by atoms with Crippen molar-refractivity contribution in [3.05, 3.63) is 65.0 Å². The summed E-state index contributed by atoms with van der Waals surface area (Å²) in [6.45, 7) is 1.35. The molecule has 148 valence electrons. The molecule has 1 amide bonds. The lowest BCUT2D eigenvalue weighted by molar-refractivity contribution is -0.117. The number of amides is 1. The van der Waals surface area contributed by atoms with Crippen molar-refractivity contribution in [2.24, 2.45) is 4.99 Å². The Bertz CT molecular complexity index is 1390. The van der Waals surface area contributed by atoms with Gasteiger partial charge in [-0.05, 0) is 16.3 Å². The van der Waals surface area contributed by atoms with Crippen molar-refractivity contribution in [3.63, 3.8) is 0 Å². The third-order valence-electron chi connectivity index (χ3n) is 5.04. The summed E-state index contributed by atoms with van der Waals surface area (Å²) in [5, 5.41) is 2.18. The van der Waals surface area contributed by atoms with Crippen LogP contribution in [0.3, 0.4) is 0 Å². The molecule has 0 unspecified atom stereocenters. The van der Waals surface area contributed by atoms with Crippen LogP contribution in [0.1, 0.15) is 5.56 Å². The molecule has 1 aliphatic heterocycles. The first-order valence-electron chi connectivity index (χ1n) is 9.63. The number of rotatable bonds is 3. The van der Waals surface area contributed by atoms with Gasteiger partial charge in [0.1, 0.15) is 13.2 Å².